The van der Waals surface area contributed by atoms with E-state index in [1.54, 1.807) is 31.2 Å². The van der Waals surface area contributed by atoms with Gasteiger partial charge < -0.3 is 5.32 Å². The van der Waals surface area contributed by atoms with Crippen molar-refractivity contribution in [2.75, 3.05) is 10.2 Å². The minimum atomic E-state index is -4.64. The van der Waals surface area contributed by atoms with Crippen molar-refractivity contribution < 1.29 is 27.2 Å². The lowest BCUT2D eigenvalue weighted by atomic mass is 10.0. The Morgan fingerprint density at radius 3 is 2.19 bits per heavy atom. The van der Waals surface area contributed by atoms with Gasteiger partial charge in [0.1, 0.15) is 11.5 Å². The summed E-state index contributed by atoms with van der Waals surface area (Å²) >= 11 is 0. The zero-order valence-electron chi connectivity index (χ0n) is 16.7. The van der Waals surface area contributed by atoms with Crippen LogP contribution in [-0.4, -0.2) is 11.8 Å². The third kappa shape index (κ3) is 3.87. The fraction of sp³-hybridized carbons (Fsp3) is 0.0833. The van der Waals surface area contributed by atoms with Crippen LogP contribution in [0.5, 0.6) is 0 Å². The quantitative estimate of drug-likeness (QED) is 0.428. The Morgan fingerprint density at radius 2 is 1.53 bits per heavy atom. The van der Waals surface area contributed by atoms with E-state index >= 15 is 0 Å². The van der Waals surface area contributed by atoms with Crippen LogP contribution in [0.3, 0.4) is 0 Å². The number of imide groups is 1. The van der Waals surface area contributed by atoms with Crippen LogP contribution in [0.15, 0.2) is 78.5 Å². The maximum absolute atomic E-state index is 13.4. The molecule has 1 aliphatic heterocycles. The molecule has 1 N–H and O–H groups in total. The molecule has 0 radical (unpaired) electrons. The van der Waals surface area contributed by atoms with Gasteiger partial charge in [-0.2, -0.15) is 13.2 Å². The van der Waals surface area contributed by atoms with Crippen LogP contribution in [0.1, 0.15) is 16.7 Å². The molecule has 1 heterocycles. The number of carbonyl (C=O) groups is 2. The van der Waals surface area contributed by atoms with E-state index in [-0.39, 0.29) is 22.5 Å². The molecule has 0 fully saturated rings. The summed E-state index contributed by atoms with van der Waals surface area (Å²) in [5.41, 5.74) is 0.236. The number of anilines is 2. The predicted molar refractivity (Wildman–Crippen MR) is 112 cm³/mol. The van der Waals surface area contributed by atoms with Crippen molar-refractivity contribution in [1.82, 2.24) is 0 Å². The van der Waals surface area contributed by atoms with Gasteiger partial charge in [-0.15, -0.1) is 0 Å². The molecule has 4 nitrogen and oxygen atoms in total. The number of aryl methyl sites for hydroxylation is 1. The highest BCUT2D eigenvalue weighted by molar-refractivity contribution is 6.46. The summed E-state index contributed by atoms with van der Waals surface area (Å²) in [5.74, 6) is -2.15. The Morgan fingerprint density at radius 1 is 0.844 bits per heavy atom. The molecule has 162 valence electrons. The molecule has 2 amide bonds. The van der Waals surface area contributed by atoms with Crippen molar-refractivity contribution in [2.45, 2.75) is 13.1 Å². The van der Waals surface area contributed by atoms with Gasteiger partial charge >= 0.3 is 6.18 Å². The van der Waals surface area contributed by atoms with Gasteiger partial charge in [0.25, 0.3) is 11.8 Å². The number of halogens is 4. The molecule has 3 aromatic carbocycles. The second-order valence-electron chi connectivity index (χ2n) is 7.19. The summed E-state index contributed by atoms with van der Waals surface area (Å²) in [6.45, 7) is 1.80. The van der Waals surface area contributed by atoms with Gasteiger partial charge in [0.2, 0.25) is 0 Å². The van der Waals surface area contributed by atoms with E-state index in [4.69, 9.17) is 0 Å². The first-order valence-electron chi connectivity index (χ1n) is 9.56. The van der Waals surface area contributed by atoms with Crippen LogP contribution in [0.2, 0.25) is 0 Å². The minimum absolute atomic E-state index is 0.0596. The number of nitrogens with one attached hydrogen (secondary N) is 1. The zero-order chi connectivity index (χ0) is 23.0. The summed E-state index contributed by atoms with van der Waals surface area (Å²) in [6.07, 6.45) is -4.64. The van der Waals surface area contributed by atoms with E-state index < -0.39 is 29.4 Å². The fourth-order valence-corrected chi connectivity index (χ4v) is 3.43. The zero-order valence-corrected chi connectivity index (χ0v) is 16.7. The third-order valence-corrected chi connectivity index (χ3v) is 5.05. The van der Waals surface area contributed by atoms with Gasteiger partial charge in [0.15, 0.2) is 0 Å². The van der Waals surface area contributed by atoms with Crippen LogP contribution >= 0.6 is 0 Å². The van der Waals surface area contributed by atoms with E-state index in [1.165, 1.54) is 18.2 Å². The number of amides is 2. The summed E-state index contributed by atoms with van der Waals surface area (Å²) in [4.78, 5) is 27.2. The standard InChI is InChI=1S/C24H16F4N2O2/c1-14-5-2-3-8-19(14)29-21-20(15-9-11-17(25)12-10-15)22(31)30(23(21)32)18-7-4-6-16(13-18)24(26,27)28/h2-13,29H,1H3. The van der Waals surface area contributed by atoms with E-state index in [2.05, 4.69) is 5.32 Å². The monoisotopic (exact) mass is 440 g/mol. The highest BCUT2D eigenvalue weighted by Crippen LogP contribution is 2.37. The van der Waals surface area contributed by atoms with Crippen molar-refractivity contribution in [3.8, 4) is 0 Å². The second-order valence-corrected chi connectivity index (χ2v) is 7.19. The van der Waals surface area contributed by atoms with E-state index in [0.717, 1.165) is 35.9 Å². The first kappa shape index (κ1) is 21.3. The molecular formula is C24H16F4N2O2. The summed E-state index contributed by atoms with van der Waals surface area (Å²) in [7, 11) is 0. The van der Waals surface area contributed by atoms with Gasteiger partial charge in [0, 0.05) is 5.69 Å². The highest BCUT2D eigenvalue weighted by atomic mass is 19.4. The largest absolute Gasteiger partial charge is 0.416 e. The summed E-state index contributed by atoms with van der Waals surface area (Å²) in [5, 5.41) is 2.95. The van der Waals surface area contributed by atoms with E-state index in [0.29, 0.717) is 10.6 Å². The second kappa shape index (κ2) is 7.96. The highest BCUT2D eigenvalue weighted by Gasteiger charge is 2.41. The van der Waals surface area contributed by atoms with Crippen LogP contribution < -0.4 is 10.2 Å². The number of rotatable bonds is 4. The van der Waals surface area contributed by atoms with Gasteiger partial charge in [0.05, 0.1) is 16.8 Å². The number of hydrogen-bond acceptors (Lipinski definition) is 3. The predicted octanol–water partition coefficient (Wildman–Crippen LogP) is 5.55. The molecule has 0 unspecified atom stereocenters. The van der Waals surface area contributed by atoms with E-state index in [9.17, 15) is 27.2 Å². The smallest absolute Gasteiger partial charge is 0.350 e. The molecule has 0 spiro atoms. The minimum Gasteiger partial charge on any atom is -0.350 e. The van der Waals surface area contributed by atoms with Crippen LogP contribution in [0, 0.1) is 12.7 Å². The van der Waals surface area contributed by atoms with Crippen molar-refractivity contribution in [3.05, 3.63) is 101 Å². The molecule has 0 aromatic heterocycles. The molecule has 8 heteroatoms. The lowest BCUT2D eigenvalue weighted by Gasteiger charge is -2.17. The molecule has 0 aliphatic carbocycles. The van der Waals surface area contributed by atoms with Crippen LogP contribution in [0.4, 0.5) is 28.9 Å². The number of carbonyl (C=O) groups excluding carboxylic acids is 2. The molecule has 0 saturated carbocycles. The number of para-hydroxylation sites is 1. The SMILES string of the molecule is Cc1ccccc1NC1=C(c2ccc(F)cc2)C(=O)N(c2cccc(C(F)(F)F)c2)C1=O. The maximum Gasteiger partial charge on any atom is 0.416 e. The number of nitrogens with zero attached hydrogens (tertiary/aromatic N) is 1. The average molecular weight is 440 g/mol. The Hall–Kier alpha value is -3.94. The number of hydrogen-bond donors (Lipinski definition) is 1. The Labute approximate surface area is 180 Å². The third-order valence-electron chi connectivity index (χ3n) is 5.05. The summed E-state index contributed by atoms with van der Waals surface area (Å²) < 4.78 is 53.0. The van der Waals surface area contributed by atoms with Crippen LogP contribution in [0.25, 0.3) is 5.57 Å². The Kier molecular flexibility index (Phi) is 5.30. The van der Waals surface area contributed by atoms with Crippen molar-refractivity contribution >= 4 is 28.8 Å². The van der Waals surface area contributed by atoms with E-state index in [1.807, 2.05) is 0 Å². The first-order chi connectivity index (χ1) is 15.2. The number of alkyl halides is 3. The van der Waals surface area contributed by atoms with Crippen molar-refractivity contribution in [2.24, 2.45) is 0 Å². The fourth-order valence-electron chi connectivity index (χ4n) is 3.43. The van der Waals surface area contributed by atoms with Crippen LogP contribution in [-0.2, 0) is 15.8 Å². The van der Waals surface area contributed by atoms with Crippen molar-refractivity contribution in [1.29, 1.82) is 0 Å². The van der Waals surface area contributed by atoms with Gasteiger partial charge in [-0.3, -0.25) is 9.59 Å². The molecule has 0 atom stereocenters. The molecule has 3 aromatic rings. The molecule has 4 rings (SSSR count). The number of benzene rings is 3. The molecule has 0 bridgehead atoms. The lowest BCUT2D eigenvalue weighted by Crippen LogP contribution is -2.32. The van der Waals surface area contributed by atoms with Gasteiger partial charge in [-0.05, 0) is 54.4 Å². The topological polar surface area (TPSA) is 49.4 Å². The maximum atomic E-state index is 13.4. The van der Waals surface area contributed by atoms with Gasteiger partial charge in [-0.25, -0.2) is 9.29 Å². The van der Waals surface area contributed by atoms with Crippen molar-refractivity contribution in [3.63, 3.8) is 0 Å². The lowest BCUT2D eigenvalue weighted by molar-refractivity contribution is -0.137. The average Bonchev–Trinajstić information content (AvgIpc) is 2.99. The summed E-state index contributed by atoms with van der Waals surface area (Å²) in [6, 6.07) is 16.0. The first-order valence-corrected chi connectivity index (χ1v) is 9.56. The molecule has 32 heavy (non-hydrogen) atoms. The Bertz CT molecular complexity index is 1250. The molecule has 1 aliphatic rings. The molecule has 0 saturated heterocycles. The normalized spacial score (nSPS) is 14.3. The van der Waals surface area contributed by atoms with Gasteiger partial charge in [-0.1, -0.05) is 36.4 Å². The Balaban J connectivity index is 1.83. The molecular weight excluding hydrogens is 424 g/mol.